The normalized spacial score (nSPS) is 10.5. The monoisotopic (exact) mass is 171 g/mol. The van der Waals surface area contributed by atoms with Gasteiger partial charge in [0, 0.05) is 22.1 Å². The van der Waals surface area contributed by atoms with Crippen LogP contribution in [0.2, 0.25) is 0 Å². The van der Waals surface area contributed by atoms with Gasteiger partial charge in [0.2, 0.25) is 0 Å². The van der Waals surface area contributed by atoms with Gasteiger partial charge < -0.3 is 11.5 Å². The molecule has 0 bridgehead atoms. The number of nitrogen functional groups attached to an aromatic ring is 2. The minimum absolute atomic E-state index is 0.731. The number of anilines is 2. The molecule has 0 saturated heterocycles. The Labute approximate surface area is 77.2 Å². The molecule has 13 heavy (non-hydrogen) atoms. The van der Waals surface area contributed by atoms with Gasteiger partial charge >= 0.3 is 0 Å². The van der Waals surface area contributed by atoms with Gasteiger partial charge in [0.1, 0.15) is 0 Å². The van der Waals surface area contributed by atoms with Crippen LogP contribution in [0.15, 0.2) is 30.3 Å². The largest absolute Gasteiger partial charge is 0.398 e. The molecule has 0 aromatic heterocycles. The molecule has 0 spiro atoms. The summed E-state index contributed by atoms with van der Waals surface area (Å²) in [5.41, 5.74) is 14.0. The first-order chi connectivity index (χ1) is 6.20. The smallest absolute Gasteiger partial charge is 0.0397 e. The molecule has 2 aromatic rings. The van der Waals surface area contributed by atoms with E-state index in [1.165, 1.54) is 0 Å². The van der Waals surface area contributed by atoms with E-state index in [4.69, 9.17) is 11.5 Å². The van der Waals surface area contributed by atoms with E-state index < -0.39 is 0 Å². The zero-order valence-electron chi connectivity index (χ0n) is 7.25. The number of nitrogens with two attached hydrogens (primary N) is 2. The van der Waals surface area contributed by atoms with Gasteiger partial charge in [0.25, 0.3) is 0 Å². The molecular weight excluding hydrogens is 160 g/mol. The van der Waals surface area contributed by atoms with Gasteiger partial charge in [-0.25, -0.2) is 0 Å². The Morgan fingerprint density at radius 1 is 0.923 bits per heavy atom. The summed E-state index contributed by atoms with van der Waals surface area (Å²) in [4.78, 5) is 0. The molecule has 4 N–H and O–H groups in total. The highest BCUT2D eigenvalue weighted by Crippen LogP contribution is 2.28. The lowest BCUT2D eigenvalue weighted by Gasteiger charge is -2.07. The van der Waals surface area contributed by atoms with Crippen LogP contribution >= 0.6 is 0 Å². The Hall–Kier alpha value is -1.70. The summed E-state index contributed by atoms with van der Waals surface area (Å²) in [6.07, 6.45) is 0. The molecule has 0 heterocycles. The minimum Gasteiger partial charge on any atom is -0.398 e. The van der Waals surface area contributed by atoms with Crippen LogP contribution < -0.4 is 11.5 Å². The van der Waals surface area contributed by atoms with Crippen molar-refractivity contribution in [3.05, 3.63) is 42.8 Å². The van der Waals surface area contributed by atoms with Crippen LogP contribution in [0, 0.1) is 6.92 Å². The van der Waals surface area contributed by atoms with Gasteiger partial charge in [0.15, 0.2) is 0 Å². The maximum absolute atomic E-state index is 5.83. The molecule has 2 nitrogen and oxygen atoms in total. The Kier molecular flexibility index (Phi) is 1.62. The van der Waals surface area contributed by atoms with Crippen molar-refractivity contribution in [2.75, 3.05) is 11.5 Å². The Morgan fingerprint density at radius 2 is 1.69 bits per heavy atom. The molecule has 0 atom stereocenters. The second-order valence-electron chi connectivity index (χ2n) is 3.08. The summed E-state index contributed by atoms with van der Waals surface area (Å²) < 4.78 is 0. The van der Waals surface area contributed by atoms with E-state index in [9.17, 15) is 0 Å². The molecule has 2 aromatic carbocycles. The molecule has 0 fully saturated rings. The van der Waals surface area contributed by atoms with E-state index in [2.05, 4.69) is 6.92 Å². The first kappa shape index (κ1) is 7.92. The topological polar surface area (TPSA) is 52.0 Å². The van der Waals surface area contributed by atoms with Crippen LogP contribution in [-0.2, 0) is 0 Å². The van der Waals surface area contributed by atoms with Crippen molar-refractivity contribution in [1.29, 1.82) is 0 Å². The zero-order valence-corrected chi connectivity index (χ0v) is 7.25. The van der Waals surface area contributed by atoms with Gasteiger partial charge in [-0.05, 0) is 24.6 Å². The number of benzene rings is 2. The van der Waals surface area contributed by atoms with Crippen LogP contribution in [-0.4, -0.2) is 0 Å². The molecule has 0 amide bonds. The SMILES string of the molecule is [CH2]c1ccc(N)c2cccc(N)c12. The van der Waals surface area contributed by atoms with Gasteiger partial charge in [-0.3, -0.25) is 0 Å². The lowest BCUT2D eigenvalue weighted by atomic mass is 10.0. The van der Waals surface area contributed by atoms with Crippen molar-refractivity contribution in [3.63, 3.8) is 0 Å². The van der Waals surface area contributed by atoms with Gasteiger partial charge in [-0.2, -0.15) is 0 Å². The van der Waals surface area contributed by atoms with Crippen molar-refractivity contribution in [2.24, 2.45) is 0 Å². The zero-order chi connectivity index (χ0) is 9.42. The van der Waals surface area contributed by atoms with Crippen LogP contribution in [0.3, 0.4) is 0 Å². The number of hydrogen-bond donors (Lipinski definition) is 2. The molecule has 2 rings (SSSR count). The molecule has 65 valence electrons. The van der Waals surface area contributed by atoms with Crippen LogP contribution in [0.4, 0.5) is 11.4 Å². The first-order valence-corrected chi connectivity index (χ1v) is 4.09. The van der Waals surface area contributed by atoms with Gasteiger partial charge in [-0.1, -0.05) is 18.2 Å². The summed E-state index contributed by atoms with van der Waals surface area (Å²) in [5, 5.41) is 1.94. The molecule has 0 saturated carbocycles. The number of rotatable bonds is 0. The summed E-state index contributed by atoms with van der Waals surface area (Å²) in [6, 6.07) is 9.44. The Morgan fingerprint density at radius 3 is 2.38 bits per heavy atom. The van der Waals surface area contributed by atoms with E-state index in [-0.39, 0.29) is 0 Å². The van der Waals surface area contributed by atoms with Gasteiger partial charge in [-0.15, -0.1) is 0 Å². The first-order valence-electron chi connectivity index (χ1n) is 4.09. The van der Waals surface area contributed by atoms with Gasteiger partial charge in [0.05, 0.1) is 0 Å². The molecule has 0 aliphatic carbocycles. The van der Waals surface area contributed by atoms with Crippen molar-refractivity contribution < 1.29 is 0 Å². The summed E-state index contributed by atoms with van der Waals surface area (Å²) in [5.74, 6) is 0. The molecule has 2 heteroatoms. The molecule has 1 radical (unpaired) electrons. The fourth-order valence-electron chi connectivity index (χ4n) is 1.53. The molecule has 0 unspecified atom stereocenters. The van der Waals surface area contributed by atoms with Crippen molar-refractivity contribution in [3.8, 4) is 0 Å². The van der Waals surface area contributed by atoms with Crippen molar-refractivity contribution >= 4 is 22.1 Å². The summed E-state index contributed by atoms with van der Waals surface area (Å²) in [6.45, 7) is 3.92. The van der Waals surface area contributed by atoms with E-state index >= 15 is 0 Å². The second kappa shape index (κ2) is 2.66. The highest BCUT2D eigenvalue weighted by Gasteiger charge is 2.02. The van der Waals surface area contributed by atoms with E-state index in [1.807, 2.05) is 30.3 Å². The average molecular weight is 171 g/mol. The lowest BCUT2D eigenvalue weighted by molar-refractivity contribution is 1.65. The minimum atomic E-state index is 0.731. The Balaban J connectivity index is 3.00. The van der Waals surface area contributed by atoms with Crippen LogP contribution in [0.5, 0.6) is 0 Å². The third-order valence-electron chi connectivity index (χ3n) is 2.19. The highest BCUT2D eigenvalue weighted by atomic mass is 14.6. The predicted octanol–water partition coefficient (Wildman–Crippen LogP) is 2.19. The van der Waals surface area contributed by atoms with E-state index in [1.54, 1.807) is 0 Å². The number of hydrogen-bond acceptors (Lipinski definition) is 2. The molecule has 0 aliphatic rings. The third kappa shape index (κ3) is 1.11. The maximum Gasteiger partial charge on any atom is 0.0397 e. The van der Waals surface area contributed by atoms with Crippen LogP contribution in [0.1, 0.15) is 5.56 Å². The highest BCUT2D eigenvalue weighted by molar-refractivity contribution is 6.02. The molecule has 0 aliphatic heterocycles. The quantitative estimate of drug-likeness (QED) is 0.597. The molecular formula is C11H11N2. The summed E-state index contributed by atoms with van der Waals surface area (Å²) in [7, 11) is 0. The van der Waals surface area contributed by atoms with Crippen molar-refractivity contribution in [1.82, 2.24) is 0 Å². The summed E-state index contributed by atoms with van der Waals surface area (Å²) >= 11 is 0. The number of fused-ring (bicyclic) bond motifs is 1. The Bertz CT molecular complexity index is 453. The van der Waals surface area contributed by atoms with E-state index in [0.717, 1.165) is 27.7 Å². The average Bonchev–Trinajstić information content (AvgIpc) is 2.12. The van der Waals surface area contributed by atoms with E-state index in [0.29, 0.717) is 0 Å². The second-order valence-corrected chi connectivity index (χ2v) is 3.08. The maximum atomic E-state index is 5.83. The van der Waals surface area contributed by atoms with Crippen molar-refractivity contribution in [2.45, 2.75) is 0 Å². The predicted molar refractivity (Wildman–Crippen MR) is 57.2 cm³/mol. The fraction of sp³-hybridized carbons (Fsp3) is 0. The third-order valence-corrected chi connectivity index (χ3v) is 2.19. The fourth-order valence-corrected chi connectivity index (χ4v) is 1.53. The standard InChI is InChI=1S/C11H11N2/c1-7-5-6-9(12)8-3-2-4-10(13)11(7)8/h2-6H,1,12-13H2. The lowest BCUT2D eigenvalue weighted by Crippen LogP contribution is -1.92. The van der Waals surface area contributed by atoms with Crippen LogP contribution in [0.25, 0.3) is 10.8 Å².